The molecule has 0 aliphatic carbocycles. The van der Waals surface area contributed by atoms with E-state index in [1.165, 1.54) is 0 Å². The van der Waals surface area contributed by atoms with Gasteiger partial charge in [-0.1, -0.05) is 0 Å². The monoisotopic (exact) mass is 256 g/mol. The van der Waals surface area contributed by atoms with Gasteiger partial charge in [0.1, 0.15) is 5.82 Å². The van der Waals surface area contributed by atoms with Crippen LogP contribution in [0.4, 0.5) is 11.6 Å². The molecule has 0 spiro atoms. The summed E-state index contributed by atoms with van der Waals surface area (Å²) in [4.78, 5) is 17.1. The van der Waals surface area contributed by atoms with Crippen molar-refractivity contribution in [2.24, 2.45) is 0 Å². The lowest BCUT2D eigenvalue weighted by Gasteiger charge is -2.23. The van der Waals surface area contributed by atoms with E-state index in [2.05, 4.69) is 30.6 Å². The minimum Gasteiger partial charge on any atom is -0.322 e. The molecule has 0 aromatic carbocycles. The lowest BCUT2D eigenvalue weighted by molar-refractivity contribution is 0.453. The number of nitrogens with zero attached hydrogens (tertiary/aromatic N) is 4. The average molecular weight is 256 g/mol. The zero-order valence-electron chi connectivity index (χ0n) is 10.6. The van der Waals surface area contributed by atoms with Crippen molar-refractivity contribution in [2.45, 2.75) is 18.8 Å². The second-order valence-corrected chi connectivity index (χ2v) is 4.53. The van der Waals surface area contributed by atoms with Crippen molar-refractivity contribution in [3.8, 4) is 0 Å². The van der Waals surface area contributed by atoms with Gasteiger partial charge in [-0.2, -0.15) is 0 Å². The number of aromatic nitrogens is 4. The van der Waals surface area contributed by atoms with E-state index in [9.17, 15) is 0 Å². The molecule has 0 atom stereocenters. The quantitative estimate of drug-likeness (QED) is 0.866. The standard InChI is InChI=1S/C13H16N6/c1-3-14-4-2-10(1)12-13(18-8-7-17-12)19-11-9-15-5-6-16-11/h5-10,14H,1-4H2,(H,16,18,19). The molecular weight excluding hydrogens is 240 g/mol. The van der Waals surface area contributed by atoms with E-state index >= 15 is 0 Å². The Hall–Kier alpha value is -2.08. The Bertz CT molecular complexity index is 524. The lowest BCUT2D eigenvalue weighted by Crippen LogP contribution is -2.27. The Labute approximate surface area is 111 Å². The summed E-state index contributed by atoms with van der Waals surface area (Å²) in [7, 11) is 0. The molecule has 1 fully saturated rings. The van der Waals surface area contributed by atoms with E-state index in [1.807, 2.05) is 0 Å². The molecule has 1 saturated heterocycles. The van der Waals surface area contributed by atoms with Crippen LogP contribution < -0.4 is 10.6 Å². The zero-order chi connectivity index (χ0) is 12.9. The van der Waals surface area contributed by atoms with Crippen LogP contribution in [0, 0.1) is 0 Å². The van der Waals surface area contributed by atoms with Crippen molar-refractivity contribution in [1.29, 1.82) is 0 Å². The molecule has 6 nitrogen and oxygen atoms in total. The van der Waals surface area contributed by atoms with Crippen LogP contribution in [0.3, 0.4) is 0 Å². The molecule has 1 aliphatic heterocycles. The van der Waals surface area contributed by atoms with Crippen molar-refractivity contribution in [3.05, 3.63) is 36.7 Å². The zero-order valence-corrected chi connectivity index (χ0v) is 10.6. The molecule has 3 rings (SSSR count). The van der Waals surface area contributed by atoms with E-state index in [4.69, 9.17) is 0 Å². The van der Waals surface area contributed by atoms with E-state index < -0.39 is 0 Å². The summed E-state index contributed by atoms with van der Waals surface area (Å²) in [6, 6.07) is 0. The third kappa shape index (κ3) is 2.85. The maximum absolute atomic E-state index is 4.50. The molecule has 98 valence electrons. The summed E-state index contributed by atoms with van der Waals surface area (Å²) in [6.07, 6.45) is 10.6. The predicted octanol–water partition coefficient (Wildman–Crippen LogP) is 1.48. The van der Waals surface area contributed by atoms with Crippen LogP contribution in [-0.2, 0) is 0 Å². The summed E-state index contributed by atoms with van der Waals surface area (Å²) < 4.78 is 0. The van der Waals surface area contributed by atoms with Crippen LogP contribution in [0.15, 0.2) is 31.0 Å². The van der Waals surface area contributed by atoms with Crippen LogP contribution in [0.2, 0.25) is 0 Å². The molecule has 0 unspecified atom stereocenters. The first-order valence-corrected chi connectivity index (χ1v) is 6.48. The van der Waals surface area contributed by atoms with Crippen LogP contribution in [0.5, 0.6) is 0 Å². The van der Waals surface area contributed by atoms with Crippen molar-refractivity contribution in [1.82, 2.24) is 25.3 Å². The van der Waals surface area contributed by atoms with Crippen LogP contribution >= 0.6 is 0 Å². The van der Waals surface area contributed by atoms with Gasteiger partial charge in [-0.3, -0.25) is 9.97 Å². The first-order chi connectivity index (χ1) is 9.43. The van der Waals surface area contributed by atoms with Crippen molar-refractivity contribution < 1.29 is 0 Å². The Kier molecular flexibility index (Phi) is 3.60. The van der Waals surface area contributed by atoms with Gasteiger partial charge in [0.15, 0.2) is 5.82 Å². The van der Waals surface area contributed by atoms with Gasteiger partial charge in [-0.15, -0.1) is 0 Å². The highest BCUT2D eigenvalue weighted by atomic mass is 15.1. The fourth-order valence-corrected chi connectivity index (χ4v) is 2.32. The second kappa shape index (κ2) is 5.71. The number of rotatable bonds is 3. The van der Waals surface area contributed by atoms with Gasteiger partial charge >= 0.3 is 0 Å². The number of hydrogen-bond acceptors (Lipinski definition) is 6. The molecule has 19 heavy (non-hydrogen) atoms. The van der Waals surface area contributed by atoms with E-state index in [-0.39, 0.29) is 0 Å². The molecule has 1 aliphatic rings. The molecule has 2 N–H and O–H groups in total. The van der Waals surface area contributed by atoms with E-state index in [0.717, 1.165) is 37.4 Å². The van der Waals surface area contributed by atoms with Crippen LogP contribution in [0.1, 0.15) is 24.5 Å². The van der Waals surface area contributed by atoms with Gasteiger partial charge in [0.05, 0.1) is 11.9 Å². The second-order valence-electron chi connectivity index (χ2n) is 4.53. The highest BCUT2D eigenvalue weighted by molar-refractivity contribution is 5.53. The Balaban J connectivity index is 1.84. The summed E-state index contributed by atoms with van der Waals surface area (Å²) >= 11 is 0. The minimum absolute atomic E-state index is 0.453. The first-order valence-electron chi connectivity index (χ1n) is 6.48. The van der Waals surface area contributed by atoms with Gasteiger partial charge < -0.3 is 10.6 Å². The SMILES string of the molecule is c1cnc(Nc2nccnc2C2CCNCC2)cn1. The Morgan fingerprint density at radius 2 is 1.79 bits per heavy atom. The molecule has 0 amide bonds. The van der Waals surface area contributed by atoms with Gasteiger partial charge in [0.2, 0.25) is 0 Å². The predicted molar refractivity (Wildman–Crippen MR) is 72.2 cm³/mol. The van der Waals surface area contributed by atoms with Gasteiger partial charge in [-0.25, -0.2) is 9.97 Å². The maximum atomic E-state index is 4.50. The fraction of sp³-hybridized carbons (Fsp3) is 0.385. The molecular formula is C13H16N6. The Morgan fingerprint density at radius 3 is 2.58 bits per heavy atom. The number of nitrogens with one attached hydrogen (secondary N) is 2. The summed E-state index contributed by atoms with van der Waals surface area (Å²) in [6.45, 7) is 2.07. The lowest BCUT2D eigenvalue weighted by atomic mass is 9.94. The number of anilines is 2. The largest absolute Gasteiger partial charge is 0.322 e. The van der Waals surface area contributed by atoms with Crippen LogP contribution in [-0.4, -0.2) is 33.0 Å². The topological polar surface area (TPSA) is 75.6 Å². The maximum Gasteiger partial charge on any atom is 0.153 e. The molecule has 3 heterocycles. The van der Waals surface area contributed by atoms with E-state index in [0.29, 0.717) is 11.7 Å². The third-order valence-electron chi connectivity index (χ3n) is 3.26. The highest BCUT2D eigenvalue weighted by Gasteiger charge is 2.20. The first kappa shape index (κ1) is 12.0. The summed E-state index contributed by atoms with van der Waals surface area (Å²) in [5.41, 5.74) is 1.02. The summed E-state index contributed by atoms with van der Waals surface area (Å²) in [5, 5.41) is 6.56. The Morgan fingerprint density at radius 1 is 1.00 bits per heavy atom. The minimum atomic E-state index is 0.453. The number of piperidine rings is 1. The smallest absolute Gasteiger partial charge is 0.153 e. The highest BCUT2D eigenvalue weighted by Crippen LogP contribution is 2.28. The van der Waals surface area contributed by atoms with Crippen molar-refractivity contribution in [2.75, 3.05) is 18.4 Å². The molecule has 2 aromatic rings. The molecule has 0 bridgehead atoms. The van der Waals surface area contributed by atoms with Crippen molar-refractivity contribution >= 4 is 11.6 Å². The molecule has 0 saturated carbocycles. The molecule has 2 aromatic heterocycles. The van der Waals surface area contributed by atoms with Gasteiger partial charge in [-0.05, 0) is 25.9 Å². The fourth-order valence-electron chi connectivity index (χ4n) is 2.32. The van der Waals surface area contributed by atoms with Crippen molar-refractivity contribution in [3.63, 3.8) is 0 Å². The number of hydrogen-bond donors (Lipinski definition) is 2. The molecule has 0 radical (unpaired) electrons. The molecule has 6 heteroatoms. The van der Waals surface area contributed by atoms with Crippen LogP contribution in [0.25, 0.3) is 0 Å². The normalized spacial score (nSPS) is 16.2. The van der Waals surface area contributed by atoms with E-state index in [1.54, 1.807) is 31.0 Å². The van der Waals surface area contributed by atoms with Gasteiger partial charge in [0, 0.05) is 30.7 Å². The third-order valence-corrected chi connectivity index (χ3v) is 3.26. The average Bonchev–Trinajstić information content (AvgIpc) is 2.50. The van der Waals surface area contributed by atoms with Gasteiger partial charge in [0.25, 0.3) is 0 Å². The summed E-state index contributed by atoms with van der Waals surface area (Å²) in [5.74, 6) is 1.93.